The van der Waals surface area contributed by atoms with E-state index in [4.69, 9.17) is 16.3 Å². The molecule has 0 aliphatic heterocycles. The summed E-state index contributed by atoms with van der Waals surface area (Å²) in [7, 11) is 0. The van der Waals surface area contributed by atoms with Crippen molar-refractivity contribution in [1.82, 2.24) is 15.2 Å². The molecule has 2 rings (SSSR count). The molecule has 0 aliphatic carbocycles. The number of halogens is 1. The van der Waals surface area contributed by atoms with Gasteiger partial charge in [-0.25, -0.2) is 9.89 Å². The van der Waals surface area contributed by atoms with Gasteiger partial charge in [-0.05, 0) is 24.6 Å². The first-order chi connectivity index (χ1) is 9.11. The average molecular weight is 282 g/mol. The molecule has 0 fully saturated rings. The summed E-state index contributed by atoms with van der Waals surface area (Å²) in [4.78, 5) is 25.6. The number of ether oxygens (including phenoxy) is 1. The van der Waals surface area contributed by atoms with E-state index in [9.17, 15) is 9.59 Å². The van der Waals surface area contributed by atoms with Crippen LogP contribution < -0.4 is 5.69 Å². The Hall–Kier alpha value is -2.08. The van der Waals surface area contributed by atoms with Crippen LogP contribution in [0.3, 0.4) is 0 Å². The highest BCUT2D eigenvalue weighted by Crippen LogP contribution is 2.25. The summed E-state index contributed by atoms with van der Waals surface area (Å²) in [5.41, 5.74) is 0.125. The van der Waals surface area contributed by atoms with E-state index in [1.54, 1.807) is 31.2 Å². The monoisotopic (exact) mass is 281 g/mol. The van der Waals surface area contributed by atoms with Gasteiger partial charge in [0.25, 0.3) is 0 Å². The van der Waals surface area contributed by atoms with Crippen LogP contribution in [-0.2, 0) is 9.53 Å². The number of esters is 1. The molecule has 1 heterocycles. The minimum atomic E-state index is -0.808. The number of nitrogens with one attached hydrogen (secondary N) is 2. The Morgan fingerprint density at radius 1 is 1.53 bits per heavy atom. The molecule has 1 aromatic heterocycles. The van der Waals surface area contributed by atoms with Crippen LogP contribution in [0.2, 0.25) is 5.02 Å². The Bertz CT molecular complexity index is 635. The summed E-state index contributed by atoms with van der Waals surface area (Å²) >= 11 is 5.91. The van der Waals surface area contributed by atoms with E-state index >= 15 is 0 Å². The second-order valence-electron chi connectivity index (χ2n) is 3.80. The number of H-pyrrole nitrogens is 2. The summed E-state index contributed by atoms with van der Waals surface area (Å²) in [5.74, 6) is -1.10. The normalized spacial score (nSPS) is 12.1. The average Bonchev–Trinajstić information content (AvgIpc) is 2.76. The largest absolute Gasteiger partial charge is 0.465 e. The zero-order chi connectivity index (χ0) is 13.8. The van der Waals surface area contributed by atoms with Gasteiger partial charge in [0.05, 0.1) is 6.61 Å². The third kappa shape index (κ3) is 3.03. The van der Waals surface area contributed by atoms with Crippen LogP contribution >= 0.6 is 11.6 Å². The van der Waals surface area contributed by atoms with Crippen molar-refractivity contribution >= 4 is 17.6 Å². The lowest BCUT2D eigenvalue weighted by Crippen LogP contribution is -2.19. The summed E-state index contributed by atoms with van der Waals surface area (Å²) in [6, 6.07) is 6.77. The van der Waals surface area contributed by atoms with E-state index < -0.39 is 17.6 Å². The Morgan fingerprint density at radius 3 is 2.89 bits per heavy atom. The van der Waals surface area contributed by atoms with Crippen molar-refractivity contribution in [2.24, 2.45) is 0 Å². The number of aromatic nitrogens is 3. The van der Waals surface area contributed by atoms with Gasteiger partial charge < -0.3 is 4.74 Å². The van der Waals surface area contributed by atoms with Gasteiger partial charge in [0.1, 0.15) is 11.7 Å². The summed E-state index contributed by atoms with van der Waals surface area (Å²) in [6.45, 7) is 1.95. The van der Waals surface area contributed by atoms with E-state index in [0.717, 1.165) is 0 Å². The van der Waals surface area contributed by atoms with Crippen LogP contribution in [0.25, 0.3) is 0 Å². The molecular formula is C12H12ClN3O3. The van der Waals surface area contributed by atoms with Crippen molar-refractivity contribution in [3.8, 4) is 0 Å². The van der Waals surface area contributed by atoms with Crippen molar-refractivity contribution in [3.05, 3.63) is 51.2 Å². The molecule has 2 aromatic rings. The lowest BCUT2D eigenvalue weighted by Gasteiger charge is -2.13. The SMILES string of the molecule is CCOC(=O)C(c1cccc(Cl)c1)c1n[nH]c(=O)[nH]1. The van der Waals surface area contributed by atoms with Crippen molar-refractivity contribution in [2.45, 2.75) is 12.8 Å². The van der Waals surface area contributed by atoms with Crippen LogP contribution in [0, 0.1) is 0 Å². The van der Waals surface area contributed by atoms with Crippen molar-refractivity contribution < 1.29 is 9.53 Å². The summed E-state index contributed by atoms with van der Waals surface area (Å²) < 4.78 is 5.00. The number of aromatic amines is 2. The molecule has 0 spiro atoms. The number of hydrogen-bond acceptors (Lipinski definition) is 4. The smallest absolute Gasteiger partial charge is 0.340 e. The molecule has 1 unspecified atom stereocenters. The predicted molar refractivity (Wildman–Crippen MR) is 69.1 cm³/mol. The maximum absolute atomic E-state index is 12.0. The van der Waals surface area contributed by atoms with E-state index in [1.165, 1.54) is 0 Å². The van der Waals surface area contributed by atoms with Gasteiger partial charge in [0, 0.05) is 5.02 Å². The van der Waals surface area contributed by atoms with Gasteiger partial charge in [0.15, 0.2) is 0 Å². The van der Waals surface area contributed by atoms with E-state index in [2.05, 4.69) is 15.2 Å². The Kier molecular flexibility index (Phi) is 4.01. The topological polar surface area (TPSA) is 87.8 Å². The van der Waals surface area contributed by atoms with Crippen molar-refractivity contribution in [1.29, 1.82) is 0 Å². The maximum Gasteiger partial charge on any atom is 0.340 e. The van der Waals surface area contributed by atoms with Crippen LogP contribution in [0.5, 0.6) is 0 Å². The minimum Gasteiger partial charge on any atom is -0.465 e. The molecule has 2 N–H and O–H groups in total. The van der Waals surface area contributed by atoms with E-state index in [1.807, 2.05) is 0 Å². The lowest BCUT2D eigenvalue weighted by atomic mass is 9.98. The fourth-order valence-corrected chi connectivity index (χ4v) is 1.94. The Balaban J connectivity index is 2.45. The van der Waals surface area contributed by atoms with Crippen LogP contribution in [0.1, 0.15) is 24.2 Å². The van der Waals surface area contributed by atoms with Gasteiger partial charge in [-0.3, -0.25) is 9.78 Å². The molecule has 7 heteroatoms. The van der Waals surface area contributed by atoms with Gasteiger partial charge >= 0.3 is 11.7 Å². The quantitative estimate of drug-likeness (QED) is 0.830. The first-order valence-electron chi connectivity index (χ1n) is 5.68. The first-order valence-corrected chi connectivity index (χ1v) is 6.06. The summed E-state index contributed by atoms with van der Waals surface area (Å²) in [5, 5.41) is 6.51. The molecule has 6 nitrogen and oxygen atoms in total. The molecule has 1 atom stereocenters. The number of carbonyl (C=O) groups is 1. The van der Waals surface area contributed by atoms with Crippen LogP contribution in [-0.4, -0.2) is 27.8 Å². The second-order valence-corrected chi connectivity index (χ2v) is 4.24. The van der Waals surface area contributed by atoms with Gasteiger partial charge in [-0.15, -0.1) is 0 Å². The van der Waals surface area contributed by atoms with Crippen LogP contribution in [0.4, 0.5) is 0 Å². The third-order valence-electron chi connectivity index (χ3n) is 2.50. The third-order valence-corrected chi connectivity index (χ3v) is 2.73. The Morgan fingerprint density at radius 2 is 2.32 bits per heavy atom. The van der Waals surface area contributed by atoms with E-state index in [-0.39, 0.29) is 12.4 Å². The second kappa shape index (κ2) is 5.71. The van der Waals surface area contributed by atoms with Crippen LogP contribution in [0.15, 0.2) is 29.1 Å². The minimum absolute atomic E-state index is 0.200. The molecule has 100 valence electrons. The first kappa shape index (κ1) is 13.4. The Labute approximate surface area is 113 Å². The zero-order valence-corrected chi connectivity index (χ0v) is 10.9. The molecule has 0 saturated heterocycles. The fourth-order valence-electron chi connectivity index (χ4n) is 1.74. The summed E-state index contributed by atoms with van der Waals surface area (Å²) in [6.07, 6.45) is 0. The number of rotatable bonds is 4. The van der Waals surface area contributed by atoms with Crippen molar-refractivity contribution in [3.63, 3.8) is 0 Å². The molecule has 0 saturated carbocycles. The van der Waals surface area contributed by atoms with Gasteiger partial charge in [0.2, 0.25) is 0 Å². The number of nitrogens with zero attached hydrogens (tertiary/aromatic N) is 1. The van der Waals surface area contributed by atoms with Gasteiger partial charge in [-0.2, -0.15) is 5.10 Å². The highest BCUT2D eigenvalue weighted by atomic mass is 35.5. The maximum atomic E-state index is 12.0. The lowest BCUT2D eigenvalue weighted by molar-refractivity contribution is -0.144. The molecule has 0 aliphatic rings. The fraction of sp³-hybridized carbons (Fsp3) is 0.250. The molecule has 19 heavy (non-hydrogen) atoms. The highest BCUT2D eigenvalue weighted by Gasteiger charge is 2.27. The molecule has 0 amide bonds. The van der Waals surface area contributed by atoms with Crippen molar-refractivity contribution in [2.75, 3.05) is 6.61 Å². The molecule has 1 aromatic carbocycles. The number of benzene rings is 1. The number of hydrogen-bond donors (Lipinski definition) is 2. The predicted octanol–water partition coefficient (Wildman–Crippen LogP) is 1.45. The van der Waals surface area contributed by atoms with E-state index in [0.29, 0.717) is 10.6 Å². The standard InChI is InChI=1S/C12H12ClN3O3/c1-2-19-11(17)9(10-14-12(18)16-15-10)7-4-3-5-8(13)6-7/h3-6,9H,2H2,1H3,(H2,14,15,16,18). The highest BCUT2D eigenvalue weighted by molar-refractivity contribution is 6.30. The molecule has 0 bridgehead atoms. The molecular weight excluding hydrogens is 270 g/mol. The number of carbonyl (C=O) groups excluding carboxylic acids is 1. The molecule has 0 radical (unpaired) electrons. The van der Waals surface area contributed by atoms with Gasteiger partial charge in [-0.1, -0.05) is 23.7 Å². The zero-order valence-electron chi connectivity index (χ0n) is 10.1.